The van der Waals surface area contributed by atoms with Crippen LogP contribution in [-0.2, 0) is 19.2 Å². The molecule has 0 spiro atoms. The minimum absolute atomic E-state index is 0.00860. The fraction of sp³-hybridized carbons (Fsp3) is 0.318. The highest BCUT2D eigenvalue weighted by molar-refractivity contribution is 8.18. The first kappa shape index (κ1) is 21.9. The molecule has 0 aromatic heterocycles. The van der Waals surface area contributed by atoms with E-state index in [-0.39, 0.29) is 36.4 Å². The maximum absolute atomic E-state index is 13.0. The summed E-state index contributed by atoms with van der Waals surface area (Å²) in [7, 11) is 0. The number of amides is 5. The van der Waals surface area contributed by atoms with E-state index in [0.29, 0.717) is 18.4 Å². The van der Waals surface area contributed by atoms with Crippen LogP contribution in [0.2, 0.25) is 0 Å². The number of fused-ring (bicyclic) bond motifs is 1. The second kappa shape index (κ2) is 9.07. The van der Waals surface area contributed by atoms with Crippen LogP contribution in [0.5, 0.6) is 0 Å². The summed E-state index contributed by atoms with van der Waals surface area (Å²) >= 11 is 0.766. The summed E-state index contributed by atoms with van der Waals surface area (Å²) in [4.78, 5) is 64.0. The number of hydrogen-bond acceptors (Lipinski definition) is 6. The Kier molecular flexibility index (Phi) is 6.22. The Bertz CT molecular complexity index is 1030. The van der Waals surface area contributed by atoms with Gasteiger partial charge in [-0.15, -0.1) is 0 Å². The molecule has 2 saturated heterocycles. The Morgan fingerprint density at radius 3 is 2.28 bits per heavy atom. The van der Waals surface area contributed by atoms with Crippen LogP contribution in [-0.4, -0.2) is 58.3 Å². The molecular weight excluding hydrogens is 437 g/mol. The van der Waals surface area contributed by atoms with E-state index in [1.807, 2.05) is 12.2 Å². The number of benzene rings is 1. The van der Waals surface area contributed by atoms with Crippen molar-refractivity contribution in [3.05, 3.63) is 52.7 Å². The van der Waals surface area contributed by atoms with E-state index in [1.165, 1.54) is 30.3 Å². The van der Waals surface area contributed by atoms with E-state index in [9.17, 15) is 28.4 Å². The summed E-state index contributed by atoms with van der Waals surface area (Å²) in [6.45, 7) is -0.434. The van der Waals surface area contributed by atoms with Gasteiger partial charge in [0.05, 0.1) is 16.7 Å². The van der Waals surface area contributed by atoms with Crippen molar-refractivity contribution in [1.82, 2.24) is 15.1 Å². The van der Waals surface area contributed by atoms with Crippen molar-refractivity contribution in [2.24, 2.45) is 11.8 Å². The minimum atomic E-state index is -0.535. The molecule has 4 rings (SSSR count). The standard InChI is InChI=1S/C22H20FN3O5S/c23-14-7-5-13(6-8-14)11-17-21(30)25(22(31)32-17)10-9-24-18(27)12-26-19(28)15-3-1-2-4-16(15)20(26)29/h1-2,5-8,11,15-16H,3-4,9-10,12H2,(H,24,27). The zero-order valence-electron chi connectivity index (χ0n) is 17.0. The number of halogens is 1. The van der Waals surface area contributed by atoms with Crippen LogP contribution < -0.4 is 5.32 Å². The number of carbonyl (C=O) groups excluding carboxylic acids is 5. The van der Waals surface area contributed by atoms with Gasteiger partial charge in [-0.25, -0.2) is 4.39 Å². The van der Waals surface area contributed by atoms with Crippen molar-refractivity contribution in [1.29, 1.82) is 0 Å². The van der Waals surface area contributed by atoms with Crippen molar-refractivity contribution in [2.75, 3.05) is 19.6 Å². The fourth-order valence-electron chi connectivity index (χ4n) is 3.93. The maximum Gasteiger partial charge on any atom is 0.293 e. The smallest absolute Gasteiger partial charge is 0.293 e. The lowest BCUT2D eigenvalue weighted by Gasteiger charge is -2.16. The van der Waals surface area contributed by atoms with Crippen molar-refractivity contribution in [3.63, 3.8) is 0 Å². The van der Waals surface area contributed by atoms with Gasteiger partial charge in [0.1, 0.15) is 12.4 Å². The lowest BCUT2D eigenvalue weighted by atomic mass is 9.85. The molecule has 10 heteroatoms. The van der Waals surface area contributed by atoms with Crippen LogP contribution in [0.1, 0.15) is 18.4 Å². The summed E-state index contributed by atoms with van der Waals surface area (Å²) in [5.74, 6) is -2.91. The zero-order valence-corrected chi connectivity index (χ0v) is 17.8. The van der Waals surface area contributed by atoms with E-state index >= 15 is 0 Å². The molecule has 1 aromatic rings. The van der Waals surface area contributed by atoms with Gasteiger partial charge in [0.15, 0.2) is 0 Å². The highest BCUT2D eigenvalue weighted by Gasteiger charge is 2.47. The monoisotopic (exact) mass is 457 g/mol. The van der Waals surface area contributed by atoms with Crippen molar-refractivity contribution in [2.45, 2.75) is 12.8 Å². The highest BCUT2D eigenvalue weighted by atomic mass is 32.2. The van der Waals surface area contributed by atoms with Gasteiger partial charge in [0.2, 0.25) is 17.7 Å². The molecule has 8 nitrogen and oxygen atoms in total. The average Bonchev–Trinajstić information content (AvgIpc) is 3.18. The molecule has 2 fully saturated rings. The molecule has 1 aliphatic carbocycles. The normalized spacial score (nSPS) is 24.0. The number of thioether (sulfide) groups is 1. The molecule has 2 aliphatic heterocycles. The van der Waals surface area contributed by atoms with Crippen LogP contribution in [0, 0.1) is 17.7 Å². The molecule has 2 heterocycles. The van der Waals surface area contributed by atoms with Gasteiger partial charge >= 0.3 is 0 Å². The number of likely N-dealkylation sites (tertiary alicyclic amines) is 1. The first-order valence-corrected chi connectivity index (χ1v) is 10.9. The van der Waals surface area contributed by atoms with Gasteiger partial charge in [-0.05, 0) is 48.4 Å². The molecule has 2 unspecified atom stereocenters. The van der Waals surface area contributed by atoms with Crippen LogP contribution in [0.25, 0.3) is 6.08 Å². The topological polar surface area (TPSA) is 104 Å². The van der Waals surface area contributed by atoms with Crippen molar-refractivity contribution < 1.29 is 28.4 Å². The van der Waals surface area contributed by atoms with Gasteiger partial charge in [-0.1, -0.05) is 24.3 Å². The molecule has 5 amide bonds. The fourth-order valence-corrected chi connectivity index (χ4v) is 4.80. The Hall–Kier alpha value is -3.27. The van der Waals surface area contributed by atoms with E-state index in [4.69, 9.17) is 0 Å². The number of hydrogen-bond donors (Lipinski definition) is 1. The SMILES string of the molecule is O=C(CN1C(=O)C2CC=CCC2C1=O)NCCN1C(=O)SC(=Cc2ccc(F)cc2)C1=O. The average molecular weight is 457 g/mol. The van der Waals surface area contributed by atoms with Crippen LogP contribution in [0.3, 0.4) is 0 Å². The molecule has 166 valence electrons. The summed E-state index contributed by atoms with van der Waals surface area (Å²) in [5, 5.41) is 2.08. The van der Waals surface area contributed by atoms with Gasteiger partial charge in [-0.2, -0.15) is 0 Å². The third-order valence-corrected chi connectivity index (χ3v) is 6.51. The number of allylic oxidation sites excluding steroid dienone is 2. The minimum Gasteiger partial charge on any atom is -0.353 e. The molecule has 0 saturated carbocycles. The molecule has 1 N–H and O–H groups in total. The molecule has 0 radical (unpaired) electrons. The van der Waals surface area contributed by atoms with Gasteiger partial charge in [0.25, 0.3) is 11.1 Å². The number of nitrogens with zero attached hydrogens (tertiary/aromatic N) is 2. The van der Waals surface area contributed by atoms with Crippen molar-refractivity contribution in [3.8, 4) is 0 Å². The quantitative estimate of drug-likeness (QED) is 0.398. The molecule has 2 atom stereocenters. The third kappa shape index (κ3) is 4.36. The van der Waals surface area contributed by atoms with Gasteiger partial charge in [-0.3, -0.25) is 33.8 Å². The van der Waals surface area contributed by atoms with E-state index in [1.54, 1.807) is 0 Å². The molecule has 1 aromatic carbocycles. The lowest BCUT2D eigenvalue weighted by Crippen LogP contribution is -2.43. The second-order valence-corrected chi connectivity index (χ2v) is 8.65. The van der Waals surface area contributed by atoms with Crippen LogP contribution >= 0.6 is 11.8 Å². The van der Waals surface area contributed by atoms with Gasteiger partial charge < -0.3 is 5.32 Å². The molecule has 3 aliphatic rings. The number of imide groups is 2. The van der Waals surface area contributed by atoms with Crippen molar-refractivity contribution >= 4 is 46.7 Å². The number of carbonyl (C=O) groups is 5. The molecular formula is C22H20FN3O5S. The maximum atomic E-state index is 13.0. The van der Waals surface area contributed by atoms with Crippen LogP contribution in [0.4, 0.5) is 9.18 Å². The predicted octanol–water partition coefficient (Wildman–Crippen LogP) is 1.93. The summed E-state index contributed by atoms with van der Waals surface area (Å²) in [5.41, 5.74) is 0.584. The Labute approximate surface area is 187 Å². The lowest BCUT2D eigenvalue weighted by molar-refractivity contribution is -0.143. The van der Waals surface area contributed by atoms with E-state index in [0.717, 1.165) is 21.6 Å². The second-order valence-electron chi connectivity index (χ2n) is 7.65. The Morgan fingerprint density at radius 1 is 1.03 bits per heavy atom. The first-order valence-electron chi connectivity index (χ1n) is 10.1. The van der Waals surface area contributed by atoms with Crippen LogP contribution in [0.15, 0.2) is 41.3 Å². The summed E-state index contributed by atoms with van der Waals surface area (Å²) in [6.07, 6.45) is 6.24. The summed E-state index contributed by atoms with van der Waals surface area (Å²) < 4.78 is 13.0. The summed E-state index contributed by atoms with van der Waals surface area (Å²) in [6, 6.07) is 5.51. The molecule has 32 heavy (non-hydrogen) atoms. The Morgan fingerprint density at radius 2 is 1.66 bits per heavy atom. The highest BCUT2D eigenvalue weighted by Crippen LogP contribution is 2.35. The largest absolute Gasteiger partial charge is 0.353 e. The zero-order chi connectivity index (χ0) is 22.8. The van der Waals surface area contributed by atoms with Gasteiger partial charge in [0, 0.05) is 13.1 Å². The van der Waals surface area contributed by atoms with E-state index < -0.39 is 34.7 Å². The third-order valence-electron chi connectivity index (χ3n) is 5.60. The Balaban J connectivity index is 1.29. The predicted molar refractivity (Wildman–Crippen MR) is 114 cm³/mol. The number of nitrogens with one attached hydrogen (secondary N) is 1. The van der Waals surface area contributed by atoms with E-state index in [2.05, 4.69) is 5.32 Å². The first-order chi connectivity index (χ1) is 15.3. The number of rotatable bonds is 6. The molecule has 0 bridgehead atoms.